The fourth-order valence-electron chi connectivity index (χ4n) is 5.51. The Labute approximate surface area is 216 Å². The Hall–Kier alpha value is -3.30. The van der Waals surface area contributed by atoms with E-state index in [4.69, 9.17) is 9.57 Å². The normalized spacial score (nSPS) is 21.1. The summed E-state index contributed by atoms with van der Waals surface area (Å²) in [6, 6.07) is 4.94. The van der Waals surface area contributed by atoms with Crippen LogP contribution in [0.5, 0.6) is 5.75 Å². The van der Waals surface area contributed by atoms with Crippen LogP contribution in [0.25, 0.3) is 10.9 Å². The average Bonchev–Trinajstić information content (AvgIpc) is 2.94. The van der Waals surface area contributed by atoms with Crippen molar-refractivity contribution in [3.05, 3.63) is 39.0 Å². The topological polar surface area (TPSA) is 103 Å². The first-order valence-corrected chi connectivity index (χ1v) is 13.2. The fraction of sp³-hybridized carbons (Fsp3) is 0.630. The highest BCUT2D eigenvalue weighted by Gasteiger charge is 2.33. The summed E-state index contributed by atoms with van der Waals surface area (Å²) >= 11 is 0. The van der Waals surface area contributed by atoms with Gasteiger partial charge in [0.2, 0.25) is 11.8 Å². The molecule has 0 spiro atoms. The highest BCUT2D eigenvalue weighted by Crippen LogP contribution is 2.31. The number of amides is 2. The molecule has 1 saturated heterocycles. The number of piperazine rings is 1. The molecule has 0 bridgehead atoms. The molecule has 1 aliphatic carbocycles. The summed E-state index contributed by atoms with van der Waals surface area (Å²) in [5.74, 6) is 0.939. The van der Waals surface area contributed by atoms with Crippen molar-refractivity contribution < 1.29 is 19.2 Å². The number of benzene rings is 1. The molecule has 1 aromatic heterocycles. The van der Waals surface area contributed by atoms with E-state index in [0.29, 0.717) is 42.8 Å². The van der Waals surface area contributed by atoms with Crippen LogP contribution in [-0.4, -0.2) is 71.3 Å². The van der Waals surface area contributed by atoms with Gasteiger partial charge in [0.05, 0.1) is 18.0 Å². The number of carbonyl (C=O) groups excluding carboxylic acids is 2. The third-order valence-corrected chi connectivity index (χ3v) is 8.06. The van der Waals surface area contributed by atoms with Crippen LogP contribution >= 0.6 is 0 Å². The third kappa shape index (κ3) is 5.38. The van der Waals surface area contributed by atoms with Crippen molar-refractivity contribution in [3.63, 3.8) is 0 Å². The molecular formula is C27H38N4O6. The Morgan fingerprint density at radius 2 is 1.65 bits per heavy atom. The molecular weight excluding hydrogens is 476 g/mol. The quantitative estimate of drug-likeness (QED) is 0.558. The van der Waals surface area contributed by atoms with E-state index in [0.717, 1.165) is 36.8 Å². The first-order chi connectivity index (χ1) is 17.8. The molecule has 4 rings (SSSR count). The lowest BCUT2D eigenvalue weighted by atomic mass is 9.81. The molecule has 2 aromatic rings. The molecule has 2 aliphatic rings. The van der Waals surface area contributed by atoms with E-state index < -0.39 is 5.69 Å². The van der Waals surface area contributed by atoms with Gasteiger partial charge in [-0.1, -0.05) is 13.8 Å². The minimum Gasteiger partial charge on any atom is -0.497 e. The van der Waals surface area contributed by atoms with Gasteiger partial charge < -0.3 is 19.4 Å². The van der Waals surface area contributed by atoms with Gasteiger partial charge in [0.1, 0.15) is 12.9 Å². The molecule has 2 fully saturated rings. The van der Waals surface area contributed by atoms with Crippen molar-refractivity contribution in [2.24, 2.45) is 17.8 Å². The second-order valence-corrected chi connectivity index (χ2v) is 10.2. The smallest absolute Gasteiger partial charge is 0.364 e. The maximum atomic E-state index is 13.2. The molecule has 1 aromatic carbocycles. The lowest BCUT2D eigenvalue weighted by Crippen LogP contribution is -2.53. The SMILES string of the molecule is CCC(C)C(=O)N1CCN(C(=O)[C@H]2CC[C@H](Cn3c(=O)c4cc(OC)ccc4n(OC)c3=O)CC2)CC1. The van der Waals surface area contributed by atoms with Gasteiger partial charge in [-0.15, -0.1) is 4.73 Å². The number of ether oxygens (including phenoxy) is 1. The maximum Gasteiger partial charge on any atom is 0.364 e. The van der Waals surface area contributed by atoms with Crippen LogP contribution in [0.15, 0.2) is 27.8 Å². The monoisotopic (exact) mass is 514 g/mol. The summed E-state index contributed by atoms with van der Waals surface area (Å²) in [5, 5.41) is 0.357. The van der Waals surface area contributed by atoms with Gasteiger partial charge in [0.15, 0.2) is 0 Å². The number of rotatable bonds is 7. The largest absolute Gasteiger partial charge is 0.497 e. The minimum atomic E-state index is -0.506. The van der Waals surface area contributed by atoms with Crippen molar-refractivity contribution in [2.45, 2.75) is 52.5 Å². The van der Waals surface area contributed by atoms with E-state index in [1.54, 1.807) is 18.2 Å². The van der Waals surface area contributed by atoms with Crippen LogP contribution < -0.4 is 20.8 Å². The Morgan fingerprint density at radius 3 is 2.24 bits per heavy atom. The number of methoxy groups -OCH3 is 1. The van der Waals surface area contributed by atoms with Gasteiger partial charge >= 0.3 is 5.69 Å². The fourth-order valence-corrected chi connectivity index (χ4v) is 5.51. The summed E-state index contributed by atoms with van der Waals surface area (Å²) in [7, 11) is 2.93. The molecule has 0 N–H and O–H groups in total. The number of nitrogens with zero attached hydrogens (tertiary/aromatic N) is 4. The second kappa shape index (κ2) is 11.4. The van der Waals surface area contributed by atoms with Crippen molar-refractivity contribution in [1.29, 1.82) is 0 Å². The van der Waals surface area contributed by atoms with Gasteiger partial charge in [-0.05, 0) is 56.2 Å². The molecule has 1 saturated carbocycles. The standard InChI is InChI=1S/C27H38N4O6/c1-5-18(2)24(32)28-12-14-29(15-13-28)25(33)20-8-6-19(7-9-20)17-30-26(34)22-16-21(36-3)10-11-23(22)31(37-4)27(30)35/h10-11,16,18-20H,5-9,12-15,17H2,1-4H3/t18?,19-,20-. The average molecular weight is 515 g/mol. The van der Waals surface area contributed by atoms with Crippen LogP contribution in [-0.2, 0) is 16.1 Å². The highest BCUT2D eigenvalue weighted by molar-refractivity contribution is 5.81. The van der Waals surface area contributed by atoms with E-state index in [9.17, 15) is 19.2 Å². The second-order valence-electron chi connectivity index (χ2n) is 10.2. The summed E-state index contributed by atoms with van der Waals surface area (Å²) in [5.41, 5.74) is -0.474. The van der Waals surface area contributed by atoms with Gasteiger partial charge in [0.25, 0.3) is 5.56 Å². The van der Waals surface area contributed by atoms with Gasteiger partial charge in [-0.2, -0.15) is 0 Å². The van der Waals surface area contributed by atoms with E-state index in [1.165, 1.54) is 18.8 Å². The summed E-state index contributed by atoms with van der Waals surface area (Å²) < 4.78 is 7.63. The molecule has 0 radical (unpaired) electrons. The molecule has 1 unspecified atom stereocenters. The van der Waals surface area contributed by atoms with Crippen LogP contribution in [0, 0.1) is 17.8 Å². The van der Waals surface area contributed by atoms with Crippen LogP contribution in [0.3, 0.4) is 0 Å². The molecule has 1 atom stereocenters. The maximum absolute atomic E-state index is 13.2. The van der Waals surface area contributed by atoms with Crippen molar-refractivity contribution in [2.75, 3.05) is 40.4 Å². The Balaban J connectivity index is 1.39. The molecule has 2 heterocycles. The molecule has 37 heavy (non-hydrogen) atoms. The Kier molecular flexibility index (Phi) is 8.24. The van der Waals surface area contributed by atoms with Crippen molar-refractivity contribution in [3.8, 4) is 5.75 Å². The zero-order chi connectivity index (χ0) is 26.7. The molecule has 1 aliphatic heterocycles. The number of hydrogen-bond donors (Lipinski definition) is 0. The summed E-state index contributed by atoms with van der Waals surface area (Å²) in [6.45, 7) is 6.58. The number of aromatic nitrogens is 2. The number of fused-ring (bicyclic) bond motifs is 1. The molecule has 10 nitrogen and oxygen atoms in total. The highest BCUT2D eigenvalue weighted by atomic mass is 16.7. The van der Waals surface area contributed by atoms with E-state index in [-0.39, 0.29) is 41.7 Å². The van der Waals surface area contributed by atoms with Crippen LogP contribution in [0.4, 0.5) is 0 Å². The number of hydrogen-bond acceptors (Lipinski definition) is 6. The summed E-state index contributed by atoms with van der Waals surface area (Å²) in [6.07, 6.45) is 3.80. The van der Waals surface area contributed by atoms with Gasteiger partial charge in [-0.3, -0.25) is 19.0 Å². The molecule has 202 valence electrons. The summed E-state index contributed by atoms with van der Waals surface area (Å²) in [4.78, 5) is 61.0. The molecule has 10 heteroatoms. The van der Waals surface area contributed by atoms with Gasteiger partial charge in [0, 0.05) is 44.6 Å². The van der Waals surface area contributed by atoms with E-state index in [1.807, 2.05) is 23.6 Å². The number of carbonyl (C=O) groups is 2. The van der Waals surface area contributed by atoms with Gasteiger partial charge in [-0.25, -0.2) is 4.79 Å². The predicted molar refractivity (Wildman–Crippen MR) is 140 cm³/mol. The Morgan fingerprint density at radius 1 is 1.00 bits per heavy atom. The van der Waals surface area contributed by atoms with Crippen LogP contribution in [0.2, 0.25) is 0 Å². The predicted octanol–water partition coefficient (Wildman–Crippen LogP) is 1.75. The lowest BCUT2D eigenvalue weighted by molar-refractivity contribution is -0.144. The van der Waals surface area contributed by atoms with Crippen molar-refractivity contribution >= 4 is 22.7 Å². The first-order valence-electron chi connectivity index (χ1n) is 13.2. The minimum absolute atomic E-state index is 0.0164. The third-order valence-electron chi connectivity index (χ3n) is 8.06. The zero-order valence-electron chi connectivity index (χ0n) is 22.3. The van der Waals surface area contributed by atoms with E-state index in [2.05, 4.69) is 0 Å². The van der Waals surface area contributed by atoms with Crippen LogP contribution in [0.1, 0.15) is 46.0 Å². The Bertz CT molecular complexity index is 1250. The van der Waals surface area contributed by atoms with E-state index >= 15 is 0 Å². The first kappa shape index (κ1) is 26.8. The van der Waals surface area contributed by atoms with Crippen molar-refractivity contribution in [1.82, 2.24) is 19.1 Å². The zero-order valence-corrected chi connectivity index (χ0v) is 22.3. The lowest BCUT2D eigenvalue weighted by Gasteiger charge is -2.38. The molecule has 2 amide bonds.